The van der Waals surface area contributed by atoms with Crippen LogP contribution in [0.15, 0.2) is 30.5 Å². The molecule has 0 unspecified atom stereocenters. The molecule has 2 aromatic rings. The van der Waals surface area contributed by atoms with E-state index in [1.165, 1.54) is 0 Å². The lowest BCUT2D eigenvalue weighted by Gasteiger charge is -2.07. The summed E-state index contributed by atoms with van der Waals surface area (Å²) < 4.78 is 7.51. The third-order valence-electron chi connectivity index (χ3n) is 2.61. The lowest BCUT2D eigenvalue weighted by molar-refractivity contribution is 0.297. The molecule has 96 valence electrons. The van der Waals surface area contributed by atoms with Crippen molar-refractivity contribution >= 4 is 0 Å². The van der Waals surface area contributed by atoms with Gasteiger partial charge in [-0.1, -0.05) is 0 Å². The van der Waals surface area contributed by atoms with E-state index in [1.807, 2.05) is 29.9 Å². The van der Waals surface area contributed by atoms with Gasteiger partial charge in [-0.25, -0.2) is 0 Å². The van der Waals surface area contributed by atoms with E-state index in [4.69, 9.17) is 4.74 Å². The Morgan fingerprint density at radius 2 is 2.11 bits per heavy atom. The standard InChI is InChI=1S/C14H18N2O2/c1-10(2)16-5-4-12(15-16)9-18-14-7-11(3)6-13(17)8-14/h4-8,10,17H,9H2,1-3H3. The quantitative estimate of drug-likeness (QED) is 0.901. The van der Waals surface area contributed by atoms with Gasteiger partial charge in [0.15, 0.2) is 0 Å². The number of aromatic hydroxyl groups is 1. The molecule has 0 radical (unpaired) electrons. The van der Waals surface area contributed by atoms with Gasteiger partial charge in [0, 0.05) is 18.3 Å². The van der Waals surface area contributed by atoms with Crippen LogP contribution in [0.1, 0.15) is 31.1 Å². The molecule has 1 aromatic heterocycles. The number of rotatable bonds is 4. The Balaban J connectivity index is 2.02. The predicted molar refractivity (Wildman–Crippen MR) is 69.8 cm³/mol. The number of aryl methyl sites for hydroxylation is 1. The number of ether oxygens (including phenoxy) is 1. The Bertz CT molecular complexity index is 512. The van der Waals surface area contributed by atoms with Crippen molar-refractivity contribution in [2.45, 2.75) is 33.4 Å². The summed E-state index contributed by atoms with van der Waals surface area (Å²) in [6, 6.07) is 7.48. The molecule has 2 rings (SSSR count). The molecule has 1 aromatic carbocycles. The largest absolute Gasteiger partial charge is 0.508 e. The maximum absolute atomic E-state index is 9.47. The number of phenolic OH excluding ortho intramolecular Hbond substituents is 1. The van der Waals surface area contributed by atoms with Gasteiger partial charge in [-0.3, -0.25) is 4.68 Å². The molecule has 1 heterocycles. The predicted octanol–water partition coefficient (Wildman–Crippen LogP) is 3.06. The minimum atomic E-state index is 0.220. The molecule has 18 heavy (non-hydrogen) atoms. The summed E-state index contributed by atoms with van der Waals surface area (Å²) in [6.07, 6.45) is 1.94. The molecule has 0 aliphatic rings. The molecule has 0 atom stereocenters. The first kappa shape index (κ1) is 12.5. The second kappa shape index (κ2) is 5.12. The molecule has 0 amide bonds. The van der Waals surface area contributed by atoms with E-state index < -0.39 is 0 Å². The second-order valence-corrected chi connectivity index (χ2v) is 4.67. The normalized spacial score (nSPS) is 10.9. The van der Waals surface area contributed by atoms with Crippen LogP contribution in [0.5, 0.6) is 11.5 Å². The first-order valence-corrected chi connectivity index (χ1v) is 6.02. The van der Waals surface area contributed by atoms with Crippen LogP contribution in [0.4, 0.5) is 0 Å². The zero-order valence-electron chi connectivity index (χ0n) is 10.9. The highest BCUT2D eigenvalue weighted by atomic mass is 16.5. The molecular formula is C14H18N2O2. The minimum Gasteiger partial charge on any atom is -0.508 e. The van der Waals surface area contributed by atoms with Crippen molar-refractivity contribution in [2.75, 3.05) is 0 Å². The number of hydrogen-bond donors (Lipinski definition) is 1. The molecule has 0 aliphatic carbocycles. The Hall–Kier alpha value is -1.97. The lowest BCUT2D eigenvalue weighted by Crippen LogP contribution is -2.03. The summed E-state index contributed by atoms with van der Waals surface area (Å²) in [5, 5.41) is 13.9. The number of benzene rings is 1. The van der Waals surface area contributed by atoms with Crippen LogP contribution in [-0.4, -0.2) is 14.9 Å². The van der Waals surface area contributed by atoms with Gasteiger partial charge in [0.1, 0.15) is 18.1 Å². The zero-order valence-corrected chi connectivity index (χ0v) is 10.9. The monoisotopic (exact) mass is 246 g/mol. The van der Waals surface area contributed by atoms with Crippen molar-refractivity contribution in [2.24, 2.45) is 0 Å². The smallest absolute Gasteiger partial charge is 0.132 e. The fourth-order valence-electron chi connectivity index (χ4n) is 1.71. The SMILES string of the molecule is Cc1cc(O)cc(OCc2ccn(C(C)C)n2)c1. The maximum Gasteiger partial charge on any atom is 0.132 e. The van der Waals surface area contributed by atoms with Gasteiger partial charge < -0.3 is 9.84 Å². The summed E-state index contributed by atoms with van der Waals surface area (Å²) in [5.74, 6) is 0.879. The third-order valence-corrected chi connectivity index (χ3v) is 2.61. The lowest BCUT2D eigenvalue weighted by atomic mass is 10.2. The van der Waals surface area contributed by atoms with Crippen molar-refractivity contribution in [3.63, 3.8) is 0 Å². The summed E-state index contributed by atoms with van der Waals surface area (Å²) in [5.41, 5.74) is 1.85. The minimum absolute atomic E-state index is 0.220. The van der Waals surface area contributed by atoms with E-state index in [1.54, 1.807) is 12.1 Å². The van der Waals surface area contributed by atoms with Gasteiger partial charge in [-0.15, -0.1) is 0 Å². The van der Waals surface area contributed by atoms with Crippen LogP contribution in [0.25, 0.3) is 0 Å². The van der Waals surface area contributed by atoms with E-state index in [9.17, 15) is 5.11 Å². The van der Waals surface area contributed by atoms with Crippen molar-refractivity contribution < 1.29 is 9.84 Å². The number of nitrogens with zero attached hydrogens (tertiary/aromatic N) is 2. The molecule has 0 fully saturated rings. The van der Waals surface area contributed by atoms with Gasteiger partial charge >= 0.3 is 0 Å². The maximum atomic E-state index is 9.47. The van der Waals surface area contributed by atoms with Crippen molar-refractivity contribution in [3.8, 4) is 11.5 Å². The average Bonchev–Trinajstić information content (AvgIpc) is 2.73. The van der Waals surface area contributed by atoms with Crippen molar-refractivity contribution in [1.29, 1.82) is 0 Å². The number of aromatic nitrogens is 2. The molecule has 0 saturated carbocycles. The Kier molecular flexibility index (Phi) is 3.55. The molecule has 4 nitrogen and oxygen atoms in total. The highest BCUT2D eigenvalue weighted by Gasteiger charge is 2.04. The molecule has 1 N–H and O–H groups in total. The van der Waals surface area contributed by atoms with Crippen LogP contribution in [0, 0.1) is 6.92 Å². The van der Waals surface area contributed by atoms with E-state index >= 15 is 0 Å². The first-order chi connectivity index (χ1) is 8.54. The van der Waals surface area contributed by atoms with Crippen LogP contribution >= 0.6 is 0 Å². The average molecular weight is 246 g/mol. The van der Waals surface area contributed by atoms with Gasteiger partial charge in [-0.2, -0.15) is 5.10 Å². The second-order valence-electron chi connectivity index (χ2n) is 4.67. The Morgan fingerprint density at radius 1 is 1.33 bits per heavy atom. The number of phenols is 1. The summed E-state index contributed by atoms with van der Waals surface area (Å²) in [6.45, 7) is 6.48. The van der Waals surface area contributed by atoms with E-state index in [0.717, 1.165) is 11.3 Å². The summed E-state index contributed by atoms with van der Waals surface area (Å²) >= 11 is 0. The van der Waals surface area contributed by atoms with Gasteiger partial charge in [0.25, 0.3) is 0 Å². The summed E-state index contributed by atoms with van der Waals surface area (Å²) in [7, 11) is 0. The molecule has 0 spiro atoms. The van der Waals surface area contributed by atoms with Gasteiger partial charge in [-0.05, 0) is 44.5 Å². The van der Waals surface area contributed by atoms with E-state index in [0.29, 0.717) is 18.4 Å². The highest BCUT2D eigenvalue weighted by molar-refractivity contribution is 5.36. The Morgan fingerprint density at radius 3 is 2.72 bits per heavy atom. The van der Waals surface area contributed by atoms with E-state index in [2.05, 4.69) is 18.9 Å². The van der Waals surface area contributed by atoms with Crippen molar-refractivity contribution in [3.05, 3.63) is 41.7 Å². The molecule has 0 aliphatic heterocycles. The fraction of sp³-hybridized carbons (Fsp3) is 0.357. The van der Waals surface area contributed by atoms with Crippen LogP contribution in [0.2, 0.25) is 0 Å². The van der Waals surface area contributed by atoms with Crippen LogP contribution in [-0.2, 0) is 6.61 Å². The highest BCUT2D eigenvalue weighted by Crippen LogP contribution is 2.21. The van der Waals surface area contributed by atoms with Gasteiger partial charge in [0.2, 0.25) is 0 Å². The molecule has 4 heteroatoms. The first-order valence-electron chi connectivity index (χ1n) is 6.02. The Labute approximate surface area is 107 Å². The molecule has 0 bridgehead atoms. The molecule has 0 saturated heterocycles. The zero-order chi connectivity index (χ0) is 13.1. The fourth-order valence-corrected chi connectivity index (χ4v) is 1.71. The third kappa shape index (κ3) is 3.03. The van der Waals surface area contributed by atoms with Crippen LogP contribution < -0.4 is 4.74 Å². The van der Waals surface area contributed by atoms with Gasteiger partial charge in [0.05, 0.1) is 5.69 Å². The molecular weight excluding hydrogens is 228 g/mol. The summed E-state index contributed by atoms with van der Waals surface area (Å²) in [4.78, 5) is 0. The van der Waals surface area contributed by atoms with Crippen molar-refractivity contribution in [1.82, 2.24) is 9.78 Å². The van der Waals surface area contributed by atoms with E-state index in [-0.39, 0.29) is 5.75 Å². The topological polar surface area (TPSA) is 47.3 Å². The number of hydrogen-bond acceptors (Lipinski definition) is 3. The van der Waals surface area contributed by atoms with Crippen LogP contribution in [0.3, 0.4) is 0 Å².